The van der Waals surface area contributed by atoms with Gasteiger partial charge in [0.1, 0.15) is 11.5 Å². The van der Waals surface area contributed by atoms with E-state index in [1.54, 1.807) is 12.1 Å². The molecule has 1 aromatic carbocycles. The van der Waals surface area contributed by atoms with E-state index in [-0.39, 0.29) is 17.7 Å². The lowest BCUT2D eigenvalue weighted by atomic mass is 9.93. The van der Waals surface area contributed by atoms with E-state index in [1.807, 2.05) is 16.9 Å². The fraction of sp³-hybridized carbons (Fsp3) is 0.250. The highest BCUT2D eigenvalue weighted by molar-refractivity contribution is 5.58. The van der Waals surface area contributed by atoms with Gasteiger partial charge >= 0.3 is 0 Å². The third-order valence-electron chi connectivity index (χ3n) is 4.02. The Kier molecular flexibility index (Phi) is 3.56. The zero-order valence-electron chi connectivity index (χ0n) is 12.9. The maximum Gasteiger partial charge on any atom is 0.232 e. The molecule has 0 aliphatic heterocycles. The molecule has 1 aliphatic rings. The first-order valence-corrected chi connectivity index (χ1v) is 7.77. The van der Waals surface area contributed by atoms with Gasteiger partial charge in [-0.25, -0.2) is 4.39 Å². The zero-order chi connectivity index (χ0) is 16.5. The monoisotopic (exact) mass is 325 g/mol. The third kappa shape index (κ3) is 2.90. The van der Waals surface area contributed by atoms with Gasteiger partial charge in [0.15, 0.2) is 5.82 Å². The van der Waals surface area contributed by atoms with Crippen molar-refractivity contribution in [2.45, 2.75) is 25.3 Å². The van der Waals surface area contributed by atoms with Crippen molar-refractivity contribution in [3.8, 4) is 11.5 Å². The Morgan fingerprint density at radius 2 is 2.04 bits per heavy atom. The molecule has 122 valence electrons. The van der Waals surface area contributed by atoms with E-state index in [4.69, 9.17) is 5.73 Å². The van der Waals surface area contributed by atoms with Crippen molar-refractivity contribution in [3.05, 3.63) is 42.3 Å². The molecule has 0 amide bonds. The molecule has 3 N–H and O–H groups in total. The van der Waals surface area contributed by atoms with Crippen molar-refractivity contribution < 1.29 is 4.39 Å². The maximum atomic E-state index is 13.3. The minimum absolute atomic E-state index is 0.0806. The summed E-state index contributed by atoms with van der Waals surface area (Å²) >= 11 is 0. The van der Waals surface area contributed by atoms with E-state index in [0.717, 1.165) is 12.8 Å². The van der Waals surface area contributed by atoms with Gasteiger partial charge in [0, 0.05) is 11.9 Å². The molecule has 0 radical (unpaired) electrons. The van der Waals surface area contributed by atoms with Crippen molar-refractivity contribution in [3.63, 3.8) is 0 Å². The number of nitrogens with one attached hydrogen (secondary N) is 1. The topological polar surface area (TPSA) is 94.5 Å². The standard InChI is InChI=1S/C16H16FN7/c17-10-3-1-4-11(9-10)19-16-21-14(20-15(18)22-16)13-7-8-24(23-13)12-5-2-6-12/h1,3-4,7-9,12H,2,5-6H2,(H3,18,19,20,21,22). The fourth-order valence-corrected chi connectivity index (χ4v) is 2.57. The molecule has 0 bridgehead atoms. The van der Waals surface area contributed by atoms with Crippen LogP contribution in [-0.4, -0.2) is 24.7 Å². The number of aromatic nitrogens is 5. The minimum atomic E-state index is -0.346. The van der Waals surface area contributed by atoms with Crippen molar-refractivity contribution >= 4 is 17.6 Å². The molecule has 8 heteroatoms. The Morgan fingerprint density at radius 1 is 1.17 bits per heavy atom. The molecule has 3 aromatic rings. The van der Waals surface area contributed by atoms with Gasteiger partial charge in [-0.3, -0.25) is 4.68 Å². The number of anilines is 3. The third-order valence-corrected chi connectivity index (χ3v) is 4.02. The number of nitrogens with two attached hydrogens (primary N) is 1. The number of hydrogen-bond acceptors (Lipinski definition) is 6. The predicted octanol–water partition coefficient (Wildman–Crippen LogP) is 2.93. The molecule has 1 fully saturated rings. The van der Waals surface area contributed by atoms with E-state index < -0.39 is 0 Å². The lowest BCUT2D eigenvalue weighted by Gasteiger charge is -2.25. The first-order valence-electron chi connectivity index (χ1n) is 7.77. The highest BCUT2D eigenvalue weighted by atomic mass is 19.1. The van der Waals surface area contributed by atoms with Crippen molar-refractivity contribution in [1.29, 1.82) is 0 Å². The average molecular weight is 325 g/mol. The largest absolute Gasteiger partial charge is 0.368 e. The average Bonchev–Trinajstić information content (AvgIpc) is 2.94. The summed E-state index contributed by atoms with van der Waals surface area (Å²) in [4.78, 5) is 12.5. The van der Waals surface area contributed by atoms with Gasteiger partial charge in [-0.2, -0.15) is 20.1 Å². The van der Waals surface area contributed by atoms with Crippen LogP contribution < -0.4 is 11.1 Å². The molecule has 4 rings (SSSR count). The second-order valence-electron chi connectivity index (χ2n) is 5.74. The normalized spacial score (nSPS) is 14.4. The van der Waals surface area contributed by atoms with Crippen LogP contribution in [-0.2, 0) is 0 Å². The molecular weight excluding hydrogens is 309 g/mol. The molecule has 0 unspecified atom stereocenters. The maximum absolute atomic E-state index is 13.3. The molecule has 0 saturated heterocycles. The second kappa shape index (κ2) is 5.88. The molecule has 24 heavy (non-hydrogen) atoms. The van der Waals surface area contributed by atoms with Gasteiger partial charge in [0.2, 0.25) is 11.9 Å². The Morgan fingerprint density at radius 3 is 2.79 bits per heavy atom. The molecule has 1 aliphatic carbocycles. The summed E-state index contributed by atoms with van der Waals surface area (Å²) in [5, 5.41) is 7.46. The van der Waals surface area contributed by atoms with Crippen LogP contribution in [0, 0.1) is 5.82 Å². The molecular formula is C16H16FN7. The number of rotatable bonds is 4. The van der Waals surface area contributed by atoms with Gasteiger partial charge in [-0.15, -0.1) is 0 Å². The second-order valence-corrected chi connectivity index (χ2v) is 5.74. The predicted molar refractivity (Wildman–Crippen MR) is 88.0 cm³/mol. The molecule has 1 saturated carbocycles. The lowest BCUT2D eigenvalue weighted by molar-refractivity contribution is 0.290. The van der Waals surface area contributed by atoms with Crippen LogP contribution in [0.4, 0.5) is 22.0 Å². The molecule has 0 atom stereocenters. The molecule has 0 spiro atoms. The first-order chi connectivity index (χ1) is 11.7. The van der Waals surface area contributed by atoms with E-state index in [0.29, 0.717) is 23.2 Å². The van der Waals surface area contributed by atoms with Crippen molar-refractivity contribution in [2.24, 2.45) is 0 Å². The van der Waals surface area contributed by atoms with Gasteiger partial charge in [-0.05, 0) is 43.5 Å². The van der Waals surface area contributed by atoms with Crippen LogP contribution >= 0.6 is 0 Å². The highest BCUT2D eigenvalue weighted by Crippen LogP contribution is 2.31. The summed E-state index contributed by atoms with van der Waals surface area (Å²) in [6, 6.07) is 8.36. The molecule has 2 aromatic heterocycles. The Bertz CT molecular complexity index is 872. The minimum Gasteiger partial charge on any atom is -0.368 e. The Hall–Kier alpha value is -3.03. The number of halogens is 1. The van der Waals surface area contributed by atoms with Crippen LogP contribution in [0.25, 0.3) is 11.5 Å². The summed E-state index contributed by atoms with van der Waals surface area (Å²) in [5.41, 5.74) is 6.94. The van der Waals surface area contributed by atoms with Crippen molar-refractivity contribution in [1.82, 2.24) is 24.7 Å². The van der Waals surface area contributed by atoms with E-state index in [1.165, 1.54) is 18.6 Å². The Labute approximate surface area is 137 Å². The summed E-state index contributed by atoms with van der Waals surface area (Å²) in [6.07, 6.45) is 5.46. The fourth-order valence-electron chi connectivity index (χ4n) is 2.57. The summed E-state index contributed by atoms with van der Waals surface area (Å²) in [6.45, 7) is 0. The summed E-state index contributed by atoms with van der Waals surface area (Å²) in [5.74, 6) is 0.374. The lowest BCUT2D eigenvalue weighted by Crippen LogP contribution is -2.17. The number of nitrogens with zero attached hydrogens (tertiary/aromatic N) is 5. The van der Waals surface area contributed by atoms with Gasteiger partial charge in [0.05, 0.1) is 6.04 Å². The van der Waals surface area contributed by atoms with Crippen LogP contribution in [0.15, 0.2) is 36.5 Å². The van der Waals surface area contributed by atoms with Crippen LogP contribution in [0.2, 0.25) is 0 Å². The molecule has 2 heterocycles. The summed E-state index contributed by atoms with van der Waals surface area (Å²) in [7, 11) is 0. The van der Waals surface area contributed by atoms with Crippen LogP contribution in [0.3, 0.4) is 0 Å². The van der Waals surface area contributed by atoms with E-state index in [2.05, 4.69) is 25.4 Å². The van der Waals surface area contributed by atoms with Gasteiger partial charge in [-0.1, -0.05) is 6.07 Å². The highest BCUT2D eigenvalue weighted by Gasteiger charge is 2.21. The molecule has 7 nitrogen and oxygen atoms in total. The van der Waals surface area contributed by atoms with Gasteiger partial charge < -0.3 is 11.1 Å². The number of nitrogen functional groups attached to an aromatic ring is 1. The van der Waals surface area contributed by atoms with Crippen LogP contribution in [0.1, 0.15) is 25.3 Å². The van der Waals surface area contributed by atoms with E-state index >= 15 is 0 Å². The quantitative estimate of drug-likeness (QED) is 0.766. The summed E-state index contributed by atoms with van der Waals surface area (Å²) < 4.78 is 15.2. The van der Waals surface area contributed by atoms with Crippen molar-refractivity contribution in [2.75, 3.05) is 11.1 Å². The van der Waals surface area contributed by atoms with E-state index in [9.17, 15) is 4.39 Å². The Balaban J connectivity index is 1.62. The van der Waals surface area contributed by atoms with Crippen LogP contribution in [0.5, 0.6) is 0 Å². The zero-order valence-corrected chi connectivity index (χ0v) is 12.9. The smallest absolute Gasteiger partial charge is 0.232 e. The SMILES string of the molecule is Nc1nc(Nc2cccc(F)c2)nc(-c2ccn(C3CCC3)n2)n1. The number of benzene rings is 1. The van der Waals surface area contributed by atoms with Gasteiger partial charge in [0.25, 0.3) is 0 Å². The first kappa shape index (κ1) is 14.6. The number of hydrogen-bond donors (Lipinski definition) is 2.